The maximum absolute atomic E-state index is 7.00. The number of para-hydroxylation sites is 1. The fourth-order valence-electron chi connectivity index (χ4n) is 3.53. The second-order valence-corrected chi connectivity index (χ2v) is 11.4. The lowest BCUT2D eigenvalue weighted by Crippen LogP contribution is -2.37. The van der Waals surface area contributed by atoms with E-state index in [4.69, 9.17) is 4.43 Å². The van der Waals surface area contributed by atoms with Crippen molar-refractivity contribution in [1.82, 2.24) is 9.55 Å². The zero-order chi connectivity index (χ0) is 18.4. The Labute approximate surface area is 157 Å². The highest BCUT2D eigenvalue weighted by Crippen LogP contribution is 2.36. The lowest BCUT2D eigenvalue weighted by atomic mass is 10.00. The highest BCUT2D eigenvalue weighted by Gasteiger charge is 2.34. The fourth-order valence-corrected chi connectivity index (χ4v) is 6.30. The van der Waals surface area contributed by atoms with Crippen LogP contribution in [0, 0.1) is 0 Å². The van der Waals surface area contributed by atoms with Crippen LogP contribution < -0.4 is 0 Å². The molecule has 0 N–H and O–H groups in total. The smallest absolute Gasteiger partial charge is 0.193 e. The second kappa shape index (κ2) is 8.47. The summed E-state index contributed by atoms with van der Waals surface area (Å²) in [6.07, 6.45) is 5.61. The third kappa shape index (κ3) is 3.81. The van der Waals surface area contributed by atoms with Gasteiger partial charge in [0, 0.05) is 18.0 Å². The van der Waals surface area contributed by atoms with Crippen molar-refractivity contribution in [2.24, 2.45) is 0 Å². The van der Waals surface area contributed by atoms with E-state index in [2.05, 4.69) is 84.9 Å². The summed E-state index contributed by atoms with van der Waals surface area (Å²) < 4.78 is 9.07. The van der Waals surface area contributed by atoms with E-state index >= 15 is 0 Å². The summed E-state index contributed by atoms with van der Waals surface area (Å²) in [5.41, 5.74) is 3.54. The molecule has 0 aliphatic heterocycles. The Bertz CT molecular complexity index is 790. The van der Waals surface area contributed by atoms with Crippen molar-refractivity contribution >= 4 is 8.32 Å². The number of hydrogen-bond acceptors (Lipinski definition) is 2. The molecule has 0 bridgehead atoms. The molecule has 3 aromatic rings. The highest BCUT2D eigenvalue weighted by atomic mass is 28.4. The molecule has 0 spiro atoms. The molecule has 0 fully saturated rings. The van der Waals surface area contributed by atoms with E-state index in [0.29, 0.717) is 0 Å². The maximum atomic E-state index is 7.00. The van der Waals surface area contributed by atoms with Gasteiger partial charge in [0.25, 0.3) is 0 Å². The van der Waals surface area contributed by atoms with Crippen LogP contribution in [0.5, 0.6) is 0 Å². The third-order valence-electron chi connectivity index (χ3n) is 5.40. The predicted octanol–water partition coefficient (Wildman–Crippen LogP) is 5.98. The van der Waals surface area contributed by atoms with Gasteiger partial charge >= 0.3 is 0 Å². The summed E-state index contributed by atoms with van der Waals surface area (Å²) >= 11 is 0. The van der Waals surface area contributed by atoms with E-state index in [9.17, 15) is 0 Å². The van der Waals surface area contributed by atoms with Crippen molar-refractivity contribution in [3.8, 4) is 5.69 Å². The molecule has 3 nitrogen and oxygen atoms in total. The first-order chi connectivity index (χ1) is 12.7. The first-order valence-corrected chi connectivity index (χ1v) is 12.1. The van der Waals surface area contributed by atoms with E-state index in [-0.39, 0.29) is 6.10 Å². The molecule has 1 unspecified atom stereocenters. The summed E-state index contributed by atoms with van der Waals surface area (Å²) in [6.45, 7) is 6.84. The molecule has 0 aliphatic carbocycles. The molecule has 0 saturated heterocycles. The zero-order valence-electron chi connectivity index (χ0n) is 15.9. The average Bonchev–Trinajstić information content (AvgIpc) is 3.25. The standard InChI is InChI=1S/C22H28N2OSi/c1-4-26(5-2,6-3)25-22(19-12-8-7-9-13-19)20-14-10-11-15-21(20)24-17-16-23-18-24/h7-18,22H,4-6H2,1-3H3. The van der Waals surface area contributed by atoms with E-state index < -0.39 is 8.32 Å². The van der Waals surface area contributed by atoms with Crippen molar-refractivity contribution in [2.75, 3.05) is 0 Å². The number of imidazole rings is 1. The molecule has 136 valence electrons. The molecule has 4 heteroatoms. The van der Waals surface area contributed by atoms with Gasteiger partial charge in [-0.1, -0.05) is 69.3 Å². The van der Waals surface area contributed by atoms with Gasteiger partial charge in [-0.15, -0.1) is 0 Å². The Hall–Kier alpha value is -2.17. The second-order valence-electron chi connectivity index (χ2n) is 6.68. The van der Waals surface area contributed by atoms with Crippen LogP contribution >= 0.6 is 0 Å². The minimum absolute atomic E-state index is 0.0543. The van der Waals surface area contributed by atoms with Crippen LogP contribution in [0.25, 0.3) is 5.69 Å². The Morgan fingerprint density at radius 2 is 1.58 bits per heavy atom. The number of aromatic nitrogens is 2. The van der Waals surface area contributed by atoms with Crippen LogP contribution in [0.3, 0.4) is 0 Å². The minimum Gasteiger partial charge on any atom is -0.406 e. The monoisotopic (exact) mass is 364 g/mol. The lowest BCUT2D eigenvalue weighted by molar-refractivity contribution is 0.230. The predicted molar refractivity (Wildman–Crippen MR) is 110 cm³/mol. The van der Waals surface area contributed by atoms with Crippen molar-refractivity contribution in [3.63, 3.8) is 0 Å². The van der Waals surface area contributed by atoms with Crippen molar-refractivity contribution < 1.29 is 4.43 Å². The average molecular weight is 365 g/mol. The third-order valence-corrected chi connectivity index (χ3v) is 10.0. The summed E-state index contributed by atoms with van der Waals surface area (Å²) in [6, 6.07) is 22.5. The largest absolute Gasteiger partial charge is 0.406 e. The molecular formula is C22H28N2OSi. The van der Waals surface area contributed by atoms with Gasteiger partial charge in [-0.25, -0.2) is 4.98 Å². The van der Waals surface area contributed by atoms with Gasteiger partial charge in [0.2, 0.25) is 0 Å². The Morgan fingerprint density at radius 3 is 2.19 bits per heavy atom. The zero-order valence-corrected chi connectivity index (χ0v) is 16.9. The Kier molecular flexibility index (Phi) is 6.07. The number of rotatable bonds is 8. The molecule has 1 aromatic heterocycles. The van der Waals surface area contributed by atoms with Gasteiger partial charge in [-0.3, -0.25) is 0 Å². The van der Waals surface area contributed by atoms with Gasteiger partial charge in [0.15, 0.2) is 8.32 Å². The van der Waals surface area contributed by atoms with Gasteiger partial charge < -0.3 is 8.99 Å². The lowest BCUT2D eigenvalue weighted by Gasteiger charge is -2.34. The van der Waals surface area contributed by atoms with Gasteiger partial charge in [-0.05, 0) is 29.8 Å². The molecule has 0 radical (unpaired) electrons. The Balaban J connectivity index is 2.11. The van der Waals surface area contributed by atoms with E-state index in [1.54, 1.807) is 0 Å². The number of hydrogen-bond donors (Lipinski definition) is 0. The SMILES string of the molecule is CC[Si](CC)(CC)OC(c1ccccc1)c1ccccc1-n1ccnc1. The molecule has 0 aliphatic rings. The van der Waals surface area contributed by atoms with Crippen LogP contribution in [0.15, 0.2) is 73.3 Å². The van der Waals surface area contributed by atoms with E-state index in [1.165, 1.54) is 11.1 Å². The quantitative estimate of drug-likeness (QED) is 0.459. The Morgan fingerprint density at radius 1 is 0.923 bits per heavy atom. The number of benzene rings is 2. The topological polar surface area (TPSA) is 27.1 Å². The molecular weight excluding hydrogens is 336 g/mol. The summed E-state index contributed by atoms with van der Waals surface area (Å²) in [7, 11) is -1.78. The van der Waals surface area contributed by atoms with Crippen molar-refractivity contribution in [1.29, 1.82) is 0 Å². The highest BCUT2D eigenvalue weighted by molar-refractivity contribution is 6.73. The normalized spacial score (nSPS) is 12.9. The van der Waals surface area contributed by atoms with Crippen molar-refractivity contribution in [3.05, 3.63) is 84.4 Å². The molecule has 1 atom stereocenters. The van der Waals surface area contributed by atoms with Crippen LogP contribution in [0.2, 0.25) is 18.1 Å². The summed E-state index contributed by atoms with van der Waals surface area (Å²) in [5.74, 6) is 0. The molecule has 2 aromatic carbocycles. The van der Waals surface area contributed by atoms with E-state index in [0.717, 1.165) is 23.8 Å². The van der Waals surface area contributed by atoms with Gasteiger partial charge in [-0.2, -0.15) is 0 Å². The van der Waals surface area contributed by atoms with Crippen LogP contribution in [-0.2, 0) is 4.43 Å². The first-order valence-electron chi connectivity index (χ1n) is 9.53. The van der Waals surface area contributed by atoms with Gasteiger partial charge in [0.1, 0.15) is 0 Å². The molecule has 3 rings (SSSR count). The van der Waals surface area contributed by atoms with Crippen molar-refractivity contribution in [2.45, 2.75) is 45.0 Å². The van der Waals surface area contributed by atoms with E-state index in [1.807, 2.05) is 18.7 Å². The fraction of sp³-hybridized carbons (Fsp3) is 0.318. The van der Waals surface area contributed by atoms with Crippen LogP contribution in [-0.4, -0.2) is 17.9 Å². The van der Waals surface area contributed by atoms with Gasteiger partial charge in [0.05, 0.1) is 18.1 Å². The minimum atomic E-state index is -1.78. The molecule has 1 heterocycles. The molecule has 26 heavy (non-hydrogen) atoms. The van der Waals surface area contributed by atoms with Crippen LogP contribution in [0.4, 0.5) is 0 Å². The summed E-state index contributed by atoms with van der Waals surface area (Å²) in [4.78, 5) is 4.23. The maximum Gasteiger partial charge on any atom is 0.193 e. The molecule has 0 amide bonds. The van der Waals surface area contributed by atoms with Crippen LogP contribution in [0.1, 0.15) is 38.0 Å². The summed E-state index contributed by atoms with van der Waals surface area (Å²) in [5, 5.41) is 0. The molecule has 0 saturated carbocycles. The number of nitrogens with zero attached hydrogens (tertiary/aromatic N) is 2. The first kappa shape index (κ1) is 18.6.